The van der Waals surface area contributed by atoms with Gasteiger partial charge in [-0.3, -0.25) is 4.90 Å². The lowest BCUT2D eigenvalue weighted by atomic mass is 10.2. The van der Waals surface area contributed by atoms with Crippen LogP contribution in [0.25, 0.3) is 0 Å². The second kappa shape index (κ2) is 8.97. The first kappa shape index (κ1) is 16.0. The van der Waals surface area contributed by atoms with Crippen molar-refractivity contribution in [3.05, 3.63) is 11.8 Å². The second-order valence-corrected chi connectivity index (χ2v) is 6.10. The smallest absolute Gasteiger partial charge is 0.321 e. The average Bonchev–Trinajstić information content (AvgIpc) is 2.36. The molecule has 1 aliphatic rings. The predicted octanol–water partition coefficient (Wildman–Crippen LogP) is 3.98. The quantitative estimate of drug-likeness (QED) is 0.460. The molecule has 18 heavy (non-hydrogen) atoms. The van der Waals surface area contributed by atoms with Crippen molar-refractivity contribution in [1.29, 1.82) is 0 Å². The molecule has 5 heteroatoms. The lowest BCUT2D eigenvalue weighted by Gasteiger charge is -2.34. The van der Waals surface area contributed by atoms with Crippen molar-refractivity contribution in [1.82, 2.24) is 9.80 Å². The number of carbonyl (C=O) groups excluding carboxylic acids is 1. The van der Waals surface area contributed by atoms with Crippen LogP contribution in [0.3, 0.4) is 0 Å². The van der Waals surface area contributed by atoms with E-state index < -0.39 is 0 Å². The molecule has 1 aliphatic heterocycles. The number of hydrogen-bond donors (Lipinski definition) is 0. The fourth-order valence-corrected chi connectivity index (χ4v) is 2.77. The van der Waals surface area contributed by atoms with Crippen LogP contribution in [-0.4, -0.2) is 46.1 Å². The van der Waals surface area contributed by atoms with Gasteiger partial charge in [-0.25, -0.2) is 4.79 Å². The Kier molecular flexibility index (Phi) is 7.98. The van der Waals surface area contributed by atoms with E-state index >= 15 is 0 Å². The Bertz CT molecular complexity index is 295. The maximum absolute atomic E-state index is 12.3. The Morgan fingerprint density at radius 1 is 1.11 bits per heavy atom. The molecular formula is C13H22Br2N2O. The molecule has 0 fully saturated rings. The fourth-order valence-electron chi connectivity index (χ4n) is 1.97. The largest absolute Gasteiger partial charge is 0.324 e. The molecule has 3 nitrogen and oxygen atoms in total. The Morgan fingerprint density at radius 2 is 1.72 bits per heavy atom. The molecule has 0 spiro atoms. The highest BCUT2D eigenvalue weighted by Crippen LogP contribution is 2.16. The normalized spacial score (nSPS) is 16.2. The molecule has 0 N–H and O–H groups in total. The van der Waals surface area contributed by atoms with Gasteiger partial charge in [0.25, 0.3) is 0 Å². The minimum atomic E-state index is 0.180. The van der Waals surface area contributed by atoms with Crippen LogP contribution in [0, 0.1) is 0 Å². The molecule has 0 aliphatic carbocycles. The van der Waals surface area contributed by atoms with Crippen LogP contribution in [0.1, 0.15) is 32.6 Å². The molecule has 0 saturated heterocycles. The van der Waals surface area contributed by atoms with E-state index in [4.69, 9.17) is 0 Å². The van der Waals surface area contributed by atoms with Crippen molar-refractivity contribution in [2.24, 2.45) is 0 Å². The highest BCUT2D eigenvalue weighted by atomic mass is 79.9. The maximum Gasteiger partial charge on any atom is 0.324 e. The van der Waals surface area contributed by atoms with Gasteiger partial charge >= 0.3 is 6.03 Å². The Morgan fingerprint density at radius 3 is 2.33 bits per heavy atom. The number of nitrogens with zero attached hydrogens (tertiary/aromatic N) is 2. The summed E-state index contributed by atoms with van der Waals surface area (Å²) in [6.45, 7) is 4.49. The van der Waals surface area contributed by atoms with E-state index in [2.05, 4.69) is 37.9 Å². The molecule has 0 bridgehead atoms. The van der Waals surface area contributed by atoms with Crippen LogP contribution in [-0.2, 0) is 0 Å². The summed E-state index contributed by atoms with van der Waals surface area (Å²) in [5, 5.41) is 2.02. The predicted molar refractivity (Wildman–Crippen MR) is 83.5 cm³/mol. The van der Waals surface area contributed by atoms with Crippen LogP contribution in [0.2, 0.25) is 0 Å². The molecule has 0 aromatic heterocycles. The molecule has 1 heterocycles. The number of rotatable bonds is 8. The van der Waals surface area contributed by atoms with Gasteiger partial charge in [0.2, 0.25) is 0 Å². The Balaban J connectivity index is 2.47. The number of halogens is 2. The molecule has 2 amide bonds. The van der Waals surface area contributed by atoms with Crippen molar-refractivity contribution in [2.75, 3.05) is 30.3 Å². The standard InChI is InChI=1S/C13H22Br2N2O/c1-12-6-11-16(9-4-2-7-14)13(18)17(12)10-5-3-8-15/h6H,2-5,7-11H2,1H3. The van der Waals surface area contributed by atoms with Crippen molar-refractivity contribution in [3.63, 3.8) is 0 Å². The minimum absolute atomic E-state index is 0.180. The third kappa shape index (κ3) is 4.92. The summed E-state index contributed by atoms with van der Waals surface area (Å²) in [7, 11) is 0. The van der Waals surface area contributed by atoms with E-state index in [-0.39, 0.29) is 6.03 Å². The molecule has 104 valence electrons. The van der Waals surface area contributed by atoms with Gasteiger partial charge in [0.15, 0.2) is 0 Å². The third-order valence-corrected chi connectivity index (χ3v) is 4.23. The van der Waals surface area contributed by atoms with Crippen LogP contribution >= 0.6 is 31.9 Å². The van der Waals surface area contributed by atoms with Crippen LogP contribution < -0.4 is 0 Å². The zero-order chi connectivity index (χ0) is 13.4. The van der Waals surface area contributed by atoms with Crippen molar-refractivity contribution in [3.8, 4) is 0 Å². The molecule has 1 rings (SSSR count). The monoisotopic (exact) mass is 380 g/mol. The zero-order valence-electron chi connectivity index (χ0n) is 11.0. The van der Waals surface area contributed by atoms with Crippen molar-refractivity contribution >= 4 is 37.9 Å². The number of alkyl halides is 2. The Labute approximate surface area is 127 Å². The van der Waals surface area contributed by atoms with Crippen molar-refractivity contribution in [2.45, 2.75) is 32.6 Å². The topological polar surface area (TPSA) is 23.6 Å². The van der Waals surface area contributed by atoms with Crippen LogP contribution in [0.4, 0.5) is 4.79 Å². The molecule has 0 atom stereocenters. The summed E-state index contributed by atoms with van der Waals surface area (Å²) in [5.74, 6) is 0. The van der Waals surface area contributed by atoms with Crippen molar-refractivity contribution < 1.29 is 4.79 Å². The van der Waals surface area contributed by atoms with Gasteiger partial charge < -0.3 is 4.90 Å². The summed E-state index contributed by atoms with van der Waals surface area (Å²) in [6.07, 6.45) is 6.51. The average molecular weight is 382 g/mol. The van der Waals surface area contributed by atoms with Gasteiger partial charge in [0.05, 0.1) is 0 Å². The van der Waals surface area contributed by atoms with Gasteiger partial charge in [-0.05, 0) is 38.7 Å². The summed E-state index contributed by atoms with van der Waals surface area (Å²) < 4.78 is 0. The first-order valence-corrected chi connectivity index (χ1v) is 8.80. The third-order valence-electron chi connectivity index (χ3n) is 3.11. The van der Waals surface area contributed by atoms with Gasteiger partial charge in [0, 0.05) is 36.0 Å². The summed E-state index contributed by atoms with van der Waals surface area (Å²) in [6, 6.07) is 0.180. The number of amides is 2. The van der Waals surface area contributed by atoms with E-state index in [9.17, 15) is 4.79 Å². The van der Waals surface area contributed by atoms with Gasteiger partial charge in [0.1, 0.15) is 0 Å². The number of allylic oxidation sites excluding steroid dienone is 1. The number of urea groups is 1. The lowest BCUT2D eigenvalue weighted by Crippen LogP contribution is -2.46. The number of unbranched alkanes of at least 4 members (excludes halogenated alkanes) is 2. The number of carbonyl (C=O) groups is 1. The molecule has 0 aromatic rings. The van der Waals surface area contributed by atoms with Crippen LogP contribution in [0.5, 0.6) is 0 Å². The summed E-state index contributed by atoms with van der Waals surface area (Å²) in [4.78, 5) is 16.2. The number of hydrogen-bond acceptors (Lipinski definition) is 1. The maximum atomic E-state index is 12.3. The lowest BCUT2D eigenvalue weighted by molar-refractivity contribution is 0.162. The molecule has 0 aromatic carbocycles. The second-order valence-electron chi connectivity index (χ2n) is 4.52. The van der Waals surface area contributed by atoms with E-state index in [0.717, 1.165) is 61.7 Å². The SMILES string of the molecule is CC1=CCN(CCCCBr)C(=O)N1CCCCBr. The first-order valence-electron chi connectivity index (χ1n) is 6.56. The highest BCUT2D eigenvalue weighted by Gasteiger charge is 2.24. The molecule has 0 unspecified atom stereocenters. The summed E-state index contributed by atoms with van der Waals surface area (Å²) >= 11 is 6.85. The van der Waals surface area contributed by atoms with E-state index in [0.29, 0.717) is 0 Å². The van der Waals surface area contributed by atoms with E-state index in [1.807, 2.05) is 16.7 Å². The minimum Gasteiger partial charge on any atom is -0.321 e. The van der Waals surface area contributed by atoms with E-state index in [1.165, 1.54) is 0 Å². The Hall–Kier alpha value is -0.0300. The van der Waals surface area contributed by atoms with Gasteiger partial charge in [-0.15, -0.1) is 0 Å². The molecule has 0 radical (unpaired) electrons. The van der Waals surface area contributed by atoms with Crippen LogP contribution in [0.15, 0.2) is 11.8 Å². The van der Waals surface area contributed by atoms with Gasteiger partial charge in [-0.2, -0.15) is 0 Å². The van der Waals surface area contributed by atoms with E-state index in [1.54, 1.807) is 0 Å². The fraction of sp³-hybridized carbons (Fsp3) is 0.769. The van der Waals surface area contributed by atoms with Gasteiger partial charge in [-0.1, -0.05) is 31.9 Å². The zero-order valence-corrected chi connectivity index (χ0v) is 14.2. The molecular weight excluding hydrogens is 360 g/mol. The molecule has 0 saturated carbocycles. The highest BCUT2D eigenvalue weighted by molar-refractivity contribution is 9.09. The first-order chi connectivity index (χ1) is 8.70. The summed E-state index contributed by atoms with van der Waals surface area (Å²) in [5.41, 5.74) is 1.10.